The molecule has 6 heteroatoms. The van der Waals surface area contributed by atoms with E-state index in [1.165, 1.54) is 9.80 Å². The lowest BCUT2D eigenvalue weighted by Gasteiger charge is -2.29. The van der Waals surface area contributed by atoms with Crippen molar-refractivity contribution in [3.8, 4) is 0 Å². The average Bonchev–Trinajstić information content (AvgIpc) is 2.79. The van der Waals surface area contributed by atoms with Gasteiger partial charge in [-0.15, -0.1) is 0 Å². The van der Waals surface area contributed by atoms with Crippen LogP contribution in [0, 0.1) is 0 Å². The summed E-state index contributed by atoms with van der Waals surface area (Å²) in [5.74, 6) is 0. The highest BCUT2D eigenvalue weighted by atomic mass is 16.6. The van der Waals surface area contributed by atoms with Crippen LogP contribution in [0.15, 0.2) is 30.3 Å². The van der Waals surface area contributed by atoms with Crippen molar-refractivity contribution in [1.82, 2.24) is 9.80 Å². The van der Waals surface area contributed by atoms with Crippen molar-refractivity contribution in [1.29, 1.82) is 0 Å². The second kappa shape index (κ2) is 7.68. The summed E-state index contributed by atoms with van der Waals surface area (Å²) in [7, 11) is 1.67. The molecule has 1 saturated heterocycles. The van der Waals surface area contributed by atoms with Crippen LogP contribution in [0.4, 0.5) is 9.59 Å². The molecular weight excluding hydrogens is 284 g/mol. The van der Waals surface area contributed by atoms with Crippen LogP contribution in [-0.4, -0.2) is 53.3 Å². The van der Waals surface area contributed by atoms with Crippen LogP contribution in [0.25, 0.3) is 0 Å². The molecule has 1 N–H and O–H groups in total. The first-order valence-electron chi connectivity index (χ1n) is 7.49. The smallest absolute Gasteiger partial charge is 0.410 e. The van der Waals surface area contributed by atoms with Crippen LogP contribution in [-0.2, 0) is 11.3 Å². The Kier molecular flexibility index (Phi) is 5.63. The zero-order valence-electron chi connectivity index (χ0n) is 12.8. The highest BCUT2D eigenvalue weighted by Crippen LogP contribution is 2.16. The SMILES string of the molecule is CN(C(=O)OCc1ccccc1)C1CCCCN(C(=O)O)C1. The number of hydrogen-bond donors (Lipinski definition) is 1. The van der Waals surface area contributed by atoms with Gasteiger partial charge in [-0.3, -0.25) is 0 Å². The second-order valence-corrected chi connectivity index (χ2v) is 5.53. The van der Waals surface area contributed by atoms with E-state index in [2.05, 4.69) is 0 Å². The Morgan fingerprint density at radius 1 is 1.32 bits per heavy atom. The number of carboxylic acid groups (broad SMARTS) is 1. The molecule has 1 aromatic carbocycles. The first-order valence-corrected chi connectivity index (χ1v) is 7.49. The molecular formula is C16H22N2O4. The zero-order chi connectivity index (χ0) is 15.9. The second-order valence-electron chi connectivity index (χ2n) is 5.53. The minimum absolute atomic E-state index is 0.137. The summed E-state index contributed by atoms with van der Waals surface area (Å²) >= 11 is 0. The Bertz CT molecular complexity index is 506. The Hall–Kier alpha value is -2.24. The van der Waals surface area contributed by atoms with Gasteiger partial charge >= 0.3 is 12.2 Å². The van der Waals surface area contributed by atoms with Gasteiger partial charge in [0.15, 0.2) is 0 Å². The molecule has 2 rings (SSSR count). The molecule has 1 aromatic rings. The molecule has 0 saturated carbocycles. The minimum atomic E-state index is -0.932. The van der Waals surface area contributed by atoms with E-state index in [1.54, 1.807) is 7.05 Å². The molecule has 0 aromatic heterocycles. The summed E-state index contributed by atoms with van der Waals surface area (Å²) in [6.45, 7) is 1.09. The molecule has 1 aliphatic heterocycles. The largest absolute Gasteiger partial charge is 0.465 e. The first kappa shape index (κ1) is 16.1. The highest BCUT2D eigenvalue weighted by molar-refractivity contribution is 5.68. The van der Waals surface area contributed by atoms with E-state index in [9.17, 15) is 9.59 Å². The number of likely N-dealkylation sites (N-methyl/N-ethyl adjacent to an activating group) is 1. The van der Waals surface area contributed by atoms with Crippen molar-refractivity contribution < 1.29 is 19.4 Å². The summed E-state index contributed by atoms with van der Waals surface area (Å²) in [5, 5.41) is 9.14. The van der Waals surface area contributed by atoms with Crippen LogP contribution in [0.1, 0.15) is 24.8 Å². The molecule has 0 radical (unpaired) electrons. The third-order valence-corrected chi connectivity index (χ3v) is 3.96. The van der Waals surface area contributed by atoms with Gasteiger partial charge in [0.2, 0.25) is 0 Å². The van der Waals surface area contributed by atoms with Crippen molar-refractivity contribution in [3.63, 3.8) is 0 Å². The van der Waals surface area contributed by atoms with Gasteiger partial charge in [-0.05, 0) is 24.8 Å². The maximum atomic E-state index is 12.1. The number of amides is 2. The number of likely N-dealkylation sites (tertiary alicyclic amines) is 1. The molecule has 1 aliphatic rings. The molecule has 0 bridgehead atoms. The van der Waals surface area contributed by atoms with Crippen LogP contribution >= 0.6 is 0 Å². The van der Waals surface area contributed by atoms with Crippen molar-refractivity contribution in [2.24, 2.45) is 0 Å². The number of nitrogens with zero attached hydrogens (tertiary/aromatic N) is 2. The van der Waals surface area contributed by atoms with Crippen LogP contribution in [0.5, 0.6) is 0 Å². The molecule has 1 unspecified atom stereocenters. The molecule has 6 nitrogen and oxygen atoms in total. The van der Waals surface area contributed by atoms with E-state index in [0.29, 0.717) is 13.1 Å². The summed E-state index contributed by atoms with van der Waals surface area (Å²) < 4.78 is 5.30. The van der Waals surface area contributed by atoms with E-state index < -0.39 is 12.2 Å². The fourth-order valence-electron chi connectivity index (χ4n) is 2.58. The number of benzene rings is 1. The van der Waals surface area contributed by atoms with Crippen LogP contribution in [0.3, 0.4) is 0 Å². The summed E-state index contributed by atoms with van der Waals surface area (Å²) in [5.41, 5.74) is 0.928. The van der Waals surface area contributed by atoms with E-state index >= 15 is 0 Å². The summed E-state index contributed by atoms with van der Waals surface area (Å²) in [6, 6.07) is 9.34. The van der Waals surface area contributed by atoms with Gasteiger partial charge < -0.3 is 19.6 Å². The Morgan fingerprint density at radius 3 is 2.73 bits per heavy atom. The topological polar surface area (TPSA) is 70.1 Å². The van der Waals surface area contributed by atoms with Crippen LogP contribution < -0.4 is 0 Å². The average molecular weight is 306 g/mol. The van der Waals surface area contributed by atoms with E-state index in [-0.39, 0.29) is 12.6 Å². The van der Waals surface area contributed by atoms with Crippen molar-refractivity contribution >= 4 is 12.2 Å². The molecule has 2 amide bonds. The quantitative estimate of drug-likeness (QED) is 0.932. The minimum Gasteiger partial charge on any atom is -0.465 e. The lowest BCUT2D eigenvalue weighted by atomic mass is 10.1. The fraction of sp³-hybridized carbons (Fsp3) is 0.500. The van der Waals surface area contributed by atoms with E-state index in [0.717, 1.165) is 24.8 Å². The molecule has 120 valence electrons. The van der Waals surface area contributed by atoms with Crippen molar-refractivity contribution in [2.45, 2.75) is 31.9 Å². The highest BCUT2D eigenvalue weighted by Gasteiger charge is 2.27. The maximum absolute atomic E-state index is 12.1. The summed E-state index contributed by atoms with van der Waals surface area (Å²) in [6.07, 6.45) is 1.18. The standard InChI is InChI=1S/C16H22N2O4/c1-17(14-9-5-6-10-18(11-14)15(19)20)16(21)22-12-13-7-3-2-4-8-13/h2-4,7-8,14H,5-6,9-12H2,1H3,(H,19,20). The lowest BCUT2D eigenvalue weighted by molar-refractivity contribution is 0.0807. The van der Waals surface area contributed by atoms with E-state index in [4.69, 9.17) is 9.84 Å². The predicted molar refractivity (Wildman–Crippen MR) is 81.6 cm³/mol. The summed E-state index contributed by atoms with van der Waals surface area (Å²) in [4.78, 5) is 26.2. The lowest BCUT2D eigenvalue weighted by Crippen LogP contribution is -2.45. The zero-order valence-corrected chi connectivity index (χ0v) is 12.8. The Morgan fingerprint density at radius 2 is 2.05 bits per heavy atom. The maximum Gasteiger partial charge on any atom is 0.410 e. The third-order valence-electron chi connectivity index (χ3n) is 3.96. The molecule has 0 aliphatic carbocycles. The number of rotatable bonds is 3. The van der Waals surface area contributed by atoms with Gasteiger partial charge in [0.1, 0.15) is 6.61 Å². The molecule has 22 heavy (non-hydrogen) atoms. The molecule has 1 fully saturated rings. The monoisotopic (exact) mass is 306 g/mol. The Balaban J connectivity index is 1.89. The molecule has 1 atom stereocenters. The van der Waals surface area contributed by atoms with Gasteiger partial charge in [0.05, 0.1) is 6.04 Å². The molecule has 0 spiro atoms. The number of carbonyl (C=O) groups is 2. The van der Waals surface area contributed by atoms with Gasteiger partial charge in [0.25, 0.3) is 0 Å². The molecule has 1 heterocycles. The Labute approximate surface area is 130 Å². The first-order chi connectivity index (χ1) is 10.6. The van der Waals surface area contributed by atoms with Gasteiger partial charge in [0, 0.05) is 20.1 Å². The van der Waals surface area contributed by atoms with Gasteiger partial charge in [-0.25, -0.2) is 9.59 Å². The van der Waals surface area contributed by atoms with Crippen molar-refractivity contribution in [3.05, 3.63) is 35.9 Å². The van der Waals surface area contributed by atoms with Gasteiger partial charge in [-0.1, -0.05) is 30.3 Å². The number of hydrogen-bond acceptors (Lipinski definition) is 3. The van der Waals surface area contributed by atoms with Gasteiger partial charge in [-0.2, -0.15) is 0 Å². The predicted octanol–water partition coefficient (Wildman–Crippen LogP) is 2.79. The number of carbonyl (C=O) groups excluding carboxylic acids is 1. The van der Waals surface area contributed by atoms with Crippen molar-refractivity contribution in [2.75, 3.05) is 20.1 Å². The normalized spacial score (nSPS) is 18.4. The van der Waals surface area contributed by atoms with E-state index in [1.807, 2.05) is 30.3 Å². The number of ether oxygens (including phenoxy) is 1. The fourth-order valence-corrected chi connectivity index (χ4v) is 2.58. The third kappa shape index (κ3) is 4.38. The van der Waals surface area contributed by atoms with Crippen LogP contribution in [0.2, 0.25) is 0 Å².